The van der Waals surface area contributed by atoms with Crippen LogP contribution in [0.25, 0.3) is 0 Å². The lowest BCUT2D eigenvalue weighted by Crippen LogP contribution is -2.30. The topological polar surface area (TPSA) is 92.3 Å². The molecule has 2 aromatic rings. The maximum atomic E-state index is 12.1. The summed E-state index contributed by atoms with van der Waals surface area (Å²) in [6.07, 6.45) is 0. The summed E-state index contributed by atoms with van der Waals surface area (Å²) in [4.78, 5) is 0.0836. The number of anilines is 1. The fourth-order valence-electron chi connectivity index (χ4n) is 1.70. The second-order valence-corrected chi connectivity index (χ2v) is 9.41. The molecule has 120 valence electrons. The molecule has 0 bridgehead atoms. The molecule has 0 saturated carbocycles. The van der Waals surface area contributed by atoms with Crippen LogP contribution in [-0.2, 0) is 20.0 Å². The van der Waals surface area contributed by atoms with Gasteiger partial charge in [0.2, 0.25) is 10.0 Å². The Labute approximate surface area is 134 Å². The Morgan fingerprint density at radius 2 is 1.59 bits per heavy atom. The van der Waals surface area contributed by atoms with Crippen LogP contribution >= 0.6 is 11.3 Å². The van der Waals surface area contributed by atoms with Crippen molar-refractivity contribution >= 4 is 37.1 Å². The highest BCUT2D eigenvalue weighted by molar-refractivity contribution is 7.94. The van der Waals surface area contributed by atoms with Crippen molar-refractivity contribution in [2.24, 2.45) is 0 Å². The van der Waals surface area contributed by atoms with Gasteiger partial charge in [0.15, 0.2) is 0 Å². The average Bonchev–Trinajstić information content (AvgIpc) is 2.92. The van der Waals surface area contributed by atoms with E-state index in [4.69, 9.17) is 0 Å². The first kappa shape index (κ1) is 16.9. The summed E-state index contributed by atoms with van der Waals surface area (Å²) in [7, 11) is -7.22. The highest BCUT2D eigenvalue weighted by atomic mass is 32.2. The Morgan fingerprint density at radius 3 is 2.09 bits per heavy atom. The molecule has 0 atom stereocenters. The van der Waals surface area contributed by atoms with E-state index in [1.54, 1.807) is 25.3 Å². The van der Waals surface area contributed by atoms with E-state index in [-0.39, 0.29) is 15.1 Å². The minimum absolute atomic E-state index is 0.0836. The van der Waals surface area contributed by atoms with Gasteiger partial charge in [0.25, 0.3) is 10.0 Å². The summed E-state index contributed by atoms with van der Waals surface area (Å²) in [5.41, 5.74) is 0.303. The third-order valence-corrected chi connectivity index (χ3v) is 7.02. The highest BCUT2D eigenvalue weighted by Gasteiger charge is 2.17. The van der Waals surface area contributed by atoms with Gasteiger partial charge < -0.3 is 0 Å². The lowest BCUT2D eigenvalue weighted by atomic mass is 10.3. The van der Waals surface area contributed by atoms with E-state index < -0.39 is 20.0 Å². The molecule has 0 radical (unpaired) electrons. The van der Waals surface area contributed by atoms with Crippen LogP contribution in [-0.4, -0.2) is 22.9 Å². The van der Waals surface area contributed by atoms with Gasteiger partial charge in [-0.2, -0.15) is 0 Å². The summed E-state index contributed by atoms with van der Waals surface area (Å²) in [6.45, 7) is 3.45. The Morgan fingerprint density at radius 1 is 0.955 bits per heavy atom. The van der Waals surface area contributed by atoms with Gasteiger partial charge in [-0.1, -0.05) is 6.07 Å². The van der Waals surface area contributed by atoms with E-state index in [1.807, 2.05) is 0 Å². The predicted octanol–water partition coefficient (Wildman–Crippen LogP) is 2.24. The Balaban J connectivity index is 2.20. The second kappa shape index (κ2) is 6.37. The van der Waals surface area contributed by atoms with Crippen molar-refractivity contribution in [2.75, 3.05) is 4.72 Å². The maximum absolute atomic E-state index is 12.1. The first-order valence-electron chi connectivity index (χ1n) is 6.39. The zero-order valence-electron chi connectivity index (χ0n) is 12.0. The zero-order chi connectivity index (χ0) is 16.4. The molecule has 2 rings (SSSR count). The molecular formula is C13H16N2O4S3. The SMILES string of the molecule is CC(C)NS(=O)(=O)c1ccc(NS(=O)(=O)c2cccs2)cc1. The first-order valence-corrected chi connectivity index (χ1v) is 10.2. The Bertz CT molecular complexity index is 824. The number of hydrogen-bond donors (Lipinski definition) is 2. The van der Waals surface area contributed by atoms with Crippen molar-refractivity contribution in [1.82, 2.24) is 4.72 Å². The fraction of sp³-hybridized carbons (Fsp3) is 0.231. The molecule has 0 saturated heterocycles. The second-order valence-electron chi connectivity index (χ2n) is 4.84. The van der Waals surface area contributed by atoms with Crippen LogP contribution in [0.4, 0.5) is 5.69 Å². The van der Waals surface area contributed by atoms with Crippen LogP contribution in [0, 0.1) is 0 Å². The molecule has 0 aliphatic carbocycles. The molecule has 0 aliphatic rings. The monoisotopic (exact) mass is 360 g/mol. The standard InChI is InChI=1S/C13H16N2O4S3/c1-10(2)14-21(16,17)12-7-5-11(6-8-12)15-22(18,19)13-4-3-9-20-13/h3-10,14-15H,1-2H3. The summed E-state index contributed by atoms with van der Waals surface area (Å²) in [5, 5.41) is 1.67. The van der Waals surface area contributed by atoms with Gasteiger partial charge in [-0.15, -0.1) is 11.3 Å². The molecule has 0 unspecified atom stereocenters. The van der Waals surface area contributed by atoms with Crippen molar-refractivity contribution in [3.05, 3.63) is 41.8 Å². The zero-order valence-corrected chi connectivity index (χ0v) is 14.4. The third kappa shape index (κ3) is 4.07. The quantitative estimate of drug-likeness (QED) is 0.826. The molecule has 22 heavy (non-hydrogen) atoms. The van der Waals surface area contributed by atoms with Gasteiger partial charge in [-0.05, 0) is 49.6 Å². The molecule has 0 amide bonds. The van der Waals surface area contributed by atoms with Crippen molar-refractivity contribution in [3.8, 4) is 0 Å². The molecule has 0 aliphatic heterocycles. The molecular weight excluding hydrogens is 344 g/mol. The Hall–Kier alpha value is -1.42. The first-order chi connectivity index (χ1) is 10.2. The minimum Gasteiger partial charge on any atom is -0.279 e. The van der Waals surface area contributed by atoms with E-state index in [1.165, 1.54) is 30.3 Å². The largest absolute Gasteiger partial charge is 0.279 e. The van der Waals surface area contributed by atoms with Crippen LogP contribution in [0.3, 0.4) is 0 Å². The molecule has 2 N–H and O–H groups in total. The third-order valence-electron chi connectivity index (χ3n) is 2.57. The molecule has 9 heteroatoms. The molecule has 1 aromatic heterocycles. The normalized spacial score (nSPS) is 12.5. The van der Waals surface area contributed by atoms with Crippen LogP contribution in [0.5, 0.6) is 0 Å². The van der Waals surface area contributed by atoms with Crippen LogP contribution in [0.15, 0.2) is 50.9 Å². The molecule has 1 aromatic carbocycles. The molecule has 6 nitrogen and oxygen atoms in total. The van der Waals surface area contributed by atoms with Crippen LogP contribution < -0.4 is 9.44 Å². The number of sulfonamides is 2. The molecule has 0 spiro atoms. The minimum atomic E-state index is -3.63. The highest BCUT2D eigenvalue weighted by Crippen LogP contribution is 2.21. The summed E-state index contributed by atoms with van der Waals surface area (Å²) in [5.74, 6) is 0. The summed E-state index contributed by atoms with van der Waals surface area (Å²) < 4.78 is 53.1. The van der Waals surface area contributed by atoms with Crippen LogP contribution in [0.2, 0.25) is 0 Å². The number of thiophene rings is 1. The molecule has 1 heterocycles. The van der Waals surface area contributed by atoms with E-state index >= 15 is 0 Å². The van der Waals surface area contributed by atoms with Gasteiger partial charge in [0, 0.05) is 11.7 Å². The van der Waals surface area contributed by atoms with E-state index in [0.717, 1.165) is 11.3 Å². The van der Waals surface area contributed by atoms with Crippen molar-refractivity contribution in [2.45, 2.75) is 29.0 Å². The van der Waals surface area contributed by atoms with E-state index in [2.05, 4.69) is 9.44 Å². The van der Waals surface area contributed by atoms with Crippen molar-refractivity contribution in [3.63, 3.8) is 0 Å². The fourth-order valence-corrected chi connectivity index (χ4v) is 5.00. The van der Waals surface area contributed by atoms with Gasteiger partial charge in [0.05, 0.1) is 4.90 Å². The lowest BCUT2D eigenvalue weighted by Gasteiger charge is -2.10. The lowest BCUT2D eigenvalue weighted by molar-refractivity contribution is 0.570. The summed E-state index contributed by atoms with van der Waals surface area (Å²) >= 11 is 1.11. The van der Waals surface area contributed by atoms with Gasteiger partial charge in [0.1, 0.15) is 4.21 Å². The van der Waals surface area contributed by atoms with E-state index in [9.17, 15) is 16.8 Å². The molecule has 0 fully saturated rings. The smallest absolute Gasteiger partial charge is 0.271 e. The number of nitrogens with one attached hydrogen (secondary N) is 2. The number of benzene rings is 1. The van der Waals surface area contributed by atoms with Crippen molar-refractivity contribution in [1.29, 1.82) is 0 Å². The average molecular weight is 360 g/mol. The number of hydrogen-bond acceptors (Lipinski definition) is 5. The number of rotatable bonds is 6. The van der Waals surface area contributed by atoms with Gasteiger partial charge >= 0.3 is 0 Å². The summed E-state index contributed by atoms with van der Waals surface area (Å²) in [6, 6.07) is 8.47. The maximum Gasteiger partial charge on any atom is 0.271 e. The van der Waals surface area contributed by atoms with Gasteiger partial charge in [-0.3, -0.25) is 4.72 Å². The van der Waals surface area contributed by atoms with Gasteiger partial charge in [-0.25, -0.2) is 21.6 Å². The Kier molecular flexibility index (Phi) is 4.90. The van der Waals surface area contributed by atoms with Crippen molar-refractivity contribution < 1.29 is 16.8 Å². The van der Waals surface area contributed by atoms with Crippen LogP contribution in [0.1, 0.15) is 13.8 Å². The predicted molar refractivity (Wildman–Crippen MR) is 87.0 cm³/mol. The van der Waals surface area contributed by atoms with E-state index in [0.29, 0.717) is 5.69 Å².